The van der Waals surface area contributed by atoms with E-state index in [1.54, 1.807) is 6.07 Å². The third-order valence-electron chi connectivity index (χ3n) is 3.20. The van der Waals surface area contributed by atoms with Gasteiger partial charge < -0.3 is 5.73 Å². The van der Waals surface area contributed by atoms with Gasteiger partial charge in [-0.1, -0.05) is 35.3 Å². The third kappa shape index (κ3) is 2.91. The molecule has 1 heterocycles. The lowest BCUT2D eigenvalue weighted by Crippen LogP contribution is -2.46. The molecule has 2 unspecified atom stereocenters. The van der Waals surface area contributed by atoms with Crippen LogP contribution in [0, 0.1) is 0 Å². The Morgan fingerprint density at radius 2 is 2.24 bits per heavy atom. The summed E-state index contributed by atoms with van der Waals surface area (Å²) in [6.45, 7) is 1.07. The summed E-state index contributed by atoms with van der Waals surface area (Å²) >= 11 is 14.2. The predicted molar refractivity (Wildman–Crippen MR) is 77.1 cm³/mol. The monoisotopic (exact) mass is 290 g/mol. The zero-order valence-corrected chi connectivity index (χ0v) is 12.0. The predicted octanol–water partition coefficient (Wildman–Crippen LogP) is 3.04. The van der Waals surface area contributed by atoms with Crippen molar-refractivity contribution in [3.63, 3.8) is 0 Å². The van der Waals surface area contributed by atoms with Gasteiger partial charge in [0, 0.05) is 30.1 Å². The molecule has 0 aliphatic carbocycles. The number of rotatable bonds is 2. The number of halogens is 2. The van der Waals surface area contributed by atoms with Crippen LogP contribution in [0.25, 0.3) is 0 Å². The second-order valence-electron chi connectivity index (χ2n) is 4.29. The normalized spacial score (nSPS) is 23.6. The number of likely N-dealkylation sites (N-methyl/N-ethyl adjacent to an activating group) is 1. The maximum atomic E-state index is 6.33. The first-order valence-corrected chi connectivity index (χ1v) is 7.50. The molecule has 1 saturated heterocycles. The summed E-state index contributed by atoms with van der Waals surface area (Å²) < 4.78 is 0. The molecule has 0 radical (unpaired) electrons. The Balaban J connectivity index is 2.23. The second-order valence-corrected chi connectivity index (χ2v) is 6.23. The zero-order chi connectivity index (χ0) is 12.4. The highest BCUT2D eigenvalue weighted by atomic mass is 35.5. The molecule has 2 rings (SSSR count). The standard InChI is InChI=1S/C12H16Cl2N2S/c1-16-5-6-17-7-10(16)12(15)8-3-2-4-9(13)11(8)14/h2-4,10,12H,5-7,15H2,1H3. The Hall–Kier alpha value is 0.0700. The smallest absolute Gasteiger partial charge is 0.0640 e. The van der Waals surface area contributed by atoms with Gasteiger partial charge in [-0.15, -0.1) is 0 Å². The van der Waals surface area contributed by atoms with Crippen LogP contribution in [0.4, 0.5) is 0 Å². The average molecular weight is 291 g/mol. The number of nitrogens with two attached hydrogens (primary N) is 1. The molecule has 0 bridgehead atoms. The first-order valence-electron chi connectivity index (χ1n) is 5.58. The fourth-order valence-corrected chi connectivity index (χ4v) is 3.79. The van der Waals surface area contributed by atoms with E-state index in [0.717, 1.165) is 17.9 Å². The topological polar surface area (TPSA) is 29.3 Å². The number of hydrogen-bond acceptors (Lipinski definition) is 3. The molecular formula is C12H16Cl2N2S. The Morgan fingerprint density at radius 3 is 2.94 bits per heavy atom. The van der Waals surface area contributed by atoms with Crippen LogP contribution in [0.1, 0.15) is 11.6 Å². The van der Waals surface area contributed by atoms with Crippen molar-refractivity contribution >= 4 is 35.0 Å². The molecular weight excluding hydrogens is 275 g/mol. The SMILES string of the molecule is CN1CCSCC1C(N)c1cccc(Cl)c1Cl. The molecule has 1 aliphatic rings. The second kappa shape index (κ2) is 5.81. The fraction of sp³-hybridized carbons (Fsp3) is 0.500. The van der Waals surface area contributed by atoms with Crippen LogP contribution in [0.3, 0.4) is 0 Å². The Bertz CT molecular complexity index is 400. The highest BCUT2D eigenvalue weighted by Gasteiger charge is 2.28. The van der Waals surface area contributed by atoms with Crippen molar-refractivity contribution in [3.8, 4) is 0 Å². The Kier molecular flexibility index (Phi) is 4.61. The molecule has 0 aromatic heterocycles. The summed E-state index contributed by atoms with van der Waals surface area (Å²) in [7, 11) is 2.11. The van der Waals surface area contributed by atoms with E-state index in [0.29, 0.717) is 16.1 Å². The molecule has 5 heteroatoms. The molecule has 2 N–H and O–H groups in total. The molecule has 2 nitrogen and oxygen atoms in total. The molecule has 1 fully saturated rings. The van der Waals surface area contributed by atoms with Crippen LogP contribution >= 0.6 is 35.0 Å². The van der Waals surface area contributed by atoms with Crippen molar-refractivity contribution in [2.75, 3.05) is 25.1 Å². The van der Waals surface area contributed by atoms with E-state index in [1.165, 1.54) is 5.75 Å². The van der Waals surface area contributed by atoms with Crippen molar-refractivity contribution in [1.29, 1.82) is 0 Å². The highest BCUT2D eigenvalue weighted by Crippen LogP contribution is 2.33. The quantitative estimate of drug-likeness (QED) is 0.908. The van der Waals surface area contributed by atoms with E-state index in [4.69, 9.17) is 28.9 Å². The van der Waals surface area contributed by atoms with E-state index < -0.39 is 0 Å². The van der Waals surface area contributed by atoms with Gasteiger partial charge >= 0.3 is 0 Å². The average Bonchev–Trinajstić information content (AvgIpc) is 2.32. The van der Waals surface area contributed by atoms with E-state index in [1.807, 2.05) is 23.9 Å². The van der Waals surface area contributed by atoms with Crippen molar-refractivity contribution in [1.82, 2.24) is 4.90 Å². The maximum absolute atomic E-state index is 6.33. The number of nitrogens with zero attached hydrogens (tertiary/aromatic N) is 1. The van der Waals surface area contributed by atoms with Gasteiger partial charge in [0.15, 0.2) is 0 Å². The summed E-state index contributed by atoms with van der Waals surface area (Å²) in [5.41, 5.74) is 7.27. The van der Waals surface area contributed by atoms with Crippen molar-refractivity contribution in [3.05, 3.63) is 33.8 Å². The van der Waals surface area contributed by atoms with Crippen LogP contribution in [0.5, 0.6) is 0 Å². The lowest BCUT2D eigenvalue weighted by Gasteiger charge is -2.36. The third-order valence-corrected chi connectivity index (χ3v) is 5.08. The largest absolute Gasteiger partial charge is 0.323 e. The lowest BCUT2D eigenvalue weighted by atomic mass is 10.00. The zero-order valence-electron chi connectivity index (χ0n) is 9.70. The van der Waals surface area contributed by atoms with Gasteiger partial charge in [0.05, 0.1) is 10.0 Å². The molecule has 2 atom stereocenters. The summed E-state index contributed by atoms with van der Waals surface area (Å²) in [5, 5.41) is 1.16. The summed E-state index contributed by atoms with van der Waals surface area (Å²) in [6, 6.07) is 5.90. The Labute approximate surface area is 116 Å². The molecule has 17 heavy (non-hydrogen) atoms. The van der Waals surface area contributed by atoms with Crippen LogP contribution in [0.15, 0.2) is 18.2 Å². The van der Waals surface area contributed by atoms with Crippen LogP contribution in [0.2, 0.25) is 10.0 Å². The van der Waals surface area contributed by atoms with Crippen LogP contribution in [-0.4, -0.2) is 36.0 Å². The molecule has 0 spiro atoms. The van der Waals surface area contributed by atoms with Crippen molar-refractivity contribution in [2.45, 2.75) is 12.1 Å². The van der Waals surface area contributed by atoms with Gasteiger partial charge in [0.2, 0.25) is 0 Å². The molecule has 1 aromatic carbocycles. The maximum Gasteiger partial charge on any atom is 0.0640 e. The van der Waals surface area contributed by atoms with Gasteiger partial charge in [0.25, 0.3) is 0 Å². The minimum absolute atomic E-state index is 0.0843. The van der Waals surface area contributed by atoms with Gasteiger partial charge in [-0.05, 0) is 18.7 Å². The van der Waals surface area contributed by atoms with Gasteiger partial charge in [-0.25, -0.2) is 0 Å². The van der Waals surface area contributed by atoms with E-state index in [2.05, 4.69) is 11.9 Å². The van der Waals surface area contributed by atoms with Crippen LogP contribution in [-0.2, 0) is 0 Å². The van der Waals surface area contributed by atoms with Crippen molar-refractivity contribution < 1.29 is 0 Å². The number of hydrogen-bond donors (Lipinski definition) is 1. The van der Waals surface area contributed by atoms with E-state index >= 15 is 0 Å². The summed E-state index contributed by atoms with van der Waals surface area (Å²) in [6.07, 6.45) is 0. The Morgan fingerprint density at radius 1 is 1.47 bits per heavy atom. The minimum Gasteiger partial charge on any atom is -0.323 e. The molecule has 1 aromatic rings. The van der Waals surface area contributed by atoms with Gasteiger partial charge in [-0.2, -0.15) is 11.8 Å². The molecule has 0 amide bonds. The van der Waals surface area contributed by atoms with E-state index in [9.17, 15) is 0 Å². The van der Waals surface area contributed by atoms with Gasteiger partial charge in [0.1, 0.15) is 0 Å². The first kappa shape index (κ1) is 13.5. The summed E-state index contributed by atoms with van der Waals surface area (Å²) in [5.74, 6) is 2.21. The lowest BCUT2D eigenvalue weighted by molar-refractivity contribution is 0.237. The fourth-order valence-electron chi connectivity index (χ4n) is 2.07. The minimum atomic E-state index is -0.0843. The van der Waals surface area contributed by atoms with Crippen molar-refractivity contribution in [2.24, 2.45) is 5.73 Å². The van der Waals surface area contributed by atoms with Crippen LogP contribution < -0.4 is 5.73 Å². The molecule has 0 saturated carbocycles. The van der Waals surface area contributed by atoms with E-state index in [-0.39, 0.29) is 6.04 Å². The van der Waals surface area contributed by atoms with Gasteiger partial charge in [-0.3, -0.25) is 4.90 Å². The highest BCUT2D eigenvalue weighted by molar-refractivity contribution is 7.99. The molecule has 94 valence electrons. The molecule has 1 aliphatic heterocycles. The number of benzene rings is 1. The number of thioether (sulfide) groups is 1. The summed E-state index contributed by atoms with van der Waals surface area (Å²) in [4.78, 5) is 2.30. The first-order chi connectivity index (χ1) is 8.11.